The number of carbonyl (C=O) groups is 2. The van der Waals surface area contributed by atoms with Crippen molar-refractivity contribution >= 4 is 17.6 Å². The third-order valence-corrected chi connectivity index (χ3v) is 6.31. The van der Waals surface area contributed by atoms with Crippen molar-refractivity contribution in [1.82, 2.24) is 24.7 Å². The molecule has 1 aromatic heterocycles. The van der Waals surface area contributed by atoms with Gasteiger partial charge in [0.25, 0.3) is 0 Å². The minimum atomic E-state index is 0.0160. The first-order valence-electron chi connectivity index (χ1n) is 11.1. The van der Waals surface area contributed by atoms with Crippen LogP contribution in [0.2, 0.25) is 0 Å². The SMILES string of the molecule is CNc1cc(CN(C)C(C)=O)nc(C2CCN(CC(=O)N3CCC[C@H](C)C3)CC2)n1. The molecular weight excluding hydrogens is 380 g/mol. The Balaban J connectivity index is 1.57. The Hall–Kier alpha value is -2.22. The van der Waals surface area contributed by atoms with Gasteiger partial charge in [-0.2, -0.15) is 0 Å². The van der Waals surface area contributed by atoms with Gasteiger partial charge in [-0.1, -0.05) is 6.92 Å². The van der Waals surface area contributed by atoms with E-state index in [0.29, 0.717) is 19.0 Å². The standard InChI is InChI=1S/C22H36N6O2/c1-16-6-5-9-28(13-16)21(30)15-27-10-7-18(8-11-27)22-24-19(12-20(23-3)25-22)14-26(4)17(2)29/h12,16,18H,5-11,13-15H2,1-4H3,(H,23,24,25)/t16-/m0/s1. The molecule has 0 spiro atoms. The molecule has 2 fully saturated rings. The van der Waals surface area contributed by atoms with Gasteiger partial charge in [-0.05, 0) is 44.7 Å². The molecule has 8 heteroatoms. The summed E-state index contributed by atoms with van der Waals surface area (Å²) in [5, 5.41) is 3.11. The predicted molar refractivity (Wildman–Crippen MR) is 117 cm³/mol. The van der Waals surface area contributed by atoms with Crippen molar-refractivity contribution in [3.63, 3.8) is 0 Å². The minimum Gasteiger partial charge on any atom is -0.373 e. The average molecular weight is 417 g/mol. The summed E-state index contributed by atoms with van der Waals surface area (Å²) in [7, 11) is 3.63. The fraction of sp³-hybridized carbons (Fsp3) is 0.727. The van der Waals surface area contributed by atoms with Crippen LogP contribution >= 0.6 is 0 Å². The molecule has 0 aliphatic carbocycles. The first-order chi connectivity index (χ1) is 14.4. The summed E-state index contributed by atoms with van der Waals surface area (Å²) in [5.74, 6) is 2.79. The Bertz CT molecular complexity index is 747. The molecule has 1 atom stereocenters. The van der Waals surface area contributed by atoms with E-state index in [-0.39, 0.29) is 17.7 Å². The van der Waals surface area contributed by atoms with Gasteiger partial charge < -0.3 is 15.1 Å². The summed E-state index contributed by atoms with van der Waals surface area (Å²) in [4.78, 5) is 39.6. The van der Waals surface area contributed by atoms with Crippen molar-refractivity contribution in [3.05, 3.63) is 17.6 Å². The molecule has 0 bridgehead atoms. The average Bonchev–Trinajstić information content (AvgIpc) is 2.73. The summed E-state index contributed by atoms with van der Waals surface area (Å²) >= 11 is 0. The molecule has 3 rings (SSSR count). The van der Waals surface area contributed by atoms with Gasteiger partial charge in [-0.3, -0.25) is 14.5 Å². The molecule has 3 heterocycles. The zero-order chi connectivity index (χ0) is 21.7. The number of rotatable bonds is 6. The highest BCUT2D eigenvalue weighted by Gasteiger charge is 2.27. The van der Waals surface area contributed by atoms with Gasteiger partial charge in [0.1, 0.15) is 11.6 Å². The molecule has 1 N–H and O–H groups in total. The Morgan fingerprint density at radius 2 is 1.93 bits per heavy atom. The Labute approximate surface area is 180 Å². The maximum Gasteiger partial charge on any atom is 0.236 e. The zero-order valence-corrected chi connectivity index (χ0v) is 18.9. The Kier molecular flexibility index (Phi) is 7.64. The lowest BCUT2D eigenvalue weighted by molar-refractivity contribution is -0.134. The summed E-state index contributed by atoms with van der Waals surface area (Å²) in [6.45, 7) is 8.35. The smallest absolute Gasteiger partial charge is 0.236 e. The van der Waals surface area contributed by atoms with E-state index >= 15 is 0 Å². The molecule has 30 heavy (non-hydrogen) atoms. The van der Waals surface area contributed by atoms with E-state index in [4.69, 9.17) is 4.98 Å². The monoisotopic (exact) mass is 416 g/mol. The molecule has 0 aromatic carbocycles. The number of likely N-dealkylation sites (tertiary alicyclic amines) is 2. The van der Waals surface area contributed by atoms with Crippen molar-refractivity contribution < 1.29 is 9.59 Å². The number of amides is 2. The number of piperidine rings is 2. The molecule has 0 unspecified atom stereocenters. The quantitative estimate of drug-likeness (QED) is 0.763. The van der Waals surface area contributed by atoms with Gasteiger partial charge in [0.05, 0.1) is 18.8 Å². The fourth-order valence-corrected chi connectivity index (χ4v) is 4.32. The van der Waals surface area contributed by atoms with Crippen LogP contribution in [-0.4, -0.2) is 83.3 Å². The van der Waals surface area contributed by atoms with Crippen LogP contribution in [-0.2, 0) is 16.1 Å². The number of carbonyl (C=O) groups excluding carboxylic acids is 2. The van der Waals surface area contributed by atoms with Crippen molar-refractivity contribution in [2.75, 3.05) is 52.1 Å². The summed E-state index contributed by atoms with van der Waals surface area (Å²) < 4.78 is 0. The molecular formula is C22H36N6O2. The first-order valence-corrected chi connectivity index (χ1v) is 11.1. The van der Waals surface area contributed by atoms with E-state index in [2.05, 4.69) is 22.1 Å². The van der Waals surface area contributed by atoms with Crippen LogP contribution in [0.15, 0.2) is 6.07 Å². The highest BCUT2D eigenvalue weighted by Crippen LogP contribution is 2.27. The molecule has 2 saturated heterocycles. The third kappa shape index (κ3) is 5.90. The maximum absolute atomic E-state index is 12.7. The van der Waals surface area contributed by atoms with Crippen molar-refractivity contribution in [3.8, 4) is 0 Å². The van der Waals surface area contributed by atoms with E-state index < -0.39 is 0 Å². The molecule has 0 saturated carbocycles. The van der Waals surface area contributed by atoms with Gasteiger partial charge >= 0.3 is 0 Å². The number of nitrogens with zero attached hydrogens (tertiary/aromatic N) is 5. The Morgan fingerprint density at radius 1 is 1.20 bits per heavy atom. The molecule has 1 aromatic rings. The Morgan fingerprint density at radius 3 is 2.57 bits per heavy atom. The van der Waals surface area contributed by atoms with Crippen LogP contribution < -0.4 is 5.32 Å². The van der Waals surface area contributed by atoms with E-state index in [1.807, 2.05) is 18.0 Å². The molecule has 166 valence electrons. The van der Waals surface area contributed by atoms with Gasteiger partial charge in [-0.25, -0.2) is 9.97 Å². The molecule has 8 nitrogen and oxygen atoms in total. The highest BCUT2D eigenvalue weighted by atomic mass is 16.2. The largest absolute Gasteiger partial charge is 0.373 e. The van der Waals surface area contributed by atoms with Gasteiger partial charge in [0, 0.05) is 46.1 Å². The van der Waals surface area contributed by atoms with E-state index in [9.17, 15) is 9.59 Å². The normalized spacial score (nSPS) is 20.8. The van der Waals surface area contributed by atoms with Crippen molar-refractivity contribution in [1.29, 1.82) is 0 Å². The van der Waals surface area contributed by atoms with Crippen LogP contribution in [0.5, 0.6) is 0 Å². The summed E-state index contributed by atoms with van der Waals surface area (Å²) in [5.41, 5.74) is 0.846. The highest BCUT2D eigenvalue weighted by molar-refractivity contribution is 5.78. The number of aromatic nitrogens is 2. The lowest BCUT2D eigenvalue weighted by Gasteiger charge is -2.35. The summed E-state index contributed by atoms with van der Waals surface area (Å²) in [6.07, 6.45) is 4.23. The van der Waals surface area contributed by atoms with Crippen LogP contribution in [0.1, 0.15) is 57.0 Å². The number of hydrogen-bond acceptors (Lipinski definition) is 6. The van der Waals surface area contributed by atoms with E-state index in [0.717, 1.165) is 62.8 Å². The van der Waals surface area contributed by atoms with Crippen LogP contribution in [0.4, 0.5) is 5.82 Å². The molecule has 2 aliphatic heterocycles. The number of hydrogen-bond donors (Lipinski definition) is 1. The van der Waals surface area contributed by atoms with Crippen molar-refractivity contribution in [2.45, 2.75) is 52.0 Å². The van der Waals surface area contributed by atoms with E-state index in [1.165, 1.54) is 6.42 Å². The van der Waals surface area contributed by atoms with Gasteiger partial charge in [0.15, 0.2) is 0 Å². The minimum absolute atomic E-state index is 0.0160. The topological polar surface area (TPSA) is 81.7 Å². The van der Waals surface area contributed by atoms with Gasteiger partial charge in [-0.15, -0.1) is 0 Å². The first kappa shape index (κ1) is 22.5. The second-order valence-electron chi connectivity index (χ2n) is 8.87. The fourth-order valence-electron chi connectivity index (χ4n) is 4.32. The lowest BCUT2D eigenvalue weighted by atomic mass is 9.95. The van der Waals surface area contributed by atoms with Crippen LogP contribution in [0.25, 0.3) is 0 Å². The second kappa shape index (κ2) is 10.2. The number of nitrogens with one attached hydrogen (secondary N) is 1. The van der Waals surface area contributed by atoms with Crippen LogP contribution in [0.3, 0.4) is 0 Å². The second-order valence-corrected chi connectivity index (χ2v) is 8.87. The molecule has 0 radical (unpaired) electrons. The molecule has 2 amide bonds. The lowest BCUT2D eigenvalue weighted by Crippen LogP contribution is -2.46. The molecule has 2 aliphatic rings. The third-order valence-electron chi connectivity index (χ3n) is 6.31. The number of anilines is 1. The maximum atomic E-state index is 12.7. The van der Waals surface area contributed by atoms with E-state index in [1.54, 1.807) is 18.9 Å². The van der Waals surface area contributed by atoms with Crippen molar-refractivity contribution in [2.24, 2.45) is 5.92 Å². The van der Waals surface area contributed by atoms with Gasteiger partial charge in [0.2, 0.25) is 11.8 Å². The summed E-state index contributed by atoms with van der Waals surface area (Å²) in [6, 6.07) is 1.90. The zero-order valence-electron chi connectivity index (χ0n) is 18.9. The van der Waals surface area contributed by atoms with Crippen LogP contribution in [0, 0.1) is 5.92 Å². The predicted octanol–water partition coefficient (Wildman–Crippen LogP) is 1.93.